The molecule has 1 saturated heterocycles. The van der Waals surface area contributed by atoms with Crippen LogP contribution in [0.4, 0.5) is 0 Å². The molecule has 1 aliphatic heterocycles. The summed E-state index contributed by atoms with van der Waals surface area (Å²) < 4.78 is 5.55. The Morgan fingerprint density at radius 3 is 3.00 bits per heavy atom. The van der Waals surface area contributed by atoms with Crippen molar-refractivity contribution in [1.82, 2.24) is 10.2 Å². The van der Waals surface area contributed by atoms with Gasteiger partial charge < -0.3 is 15.0 Å². The zero-order valence-electron chi connectivity index (χ0n) is 13.1. The summed E-state index contributed by atoms with van der Waals surface area (Å²) in [5.74, 6) is 1.01. The Kier molecular flexibility index (Phi) is 6.25. The average molecular weight is 304 g/mol. The molecular formula is C17H24N2O3. The van der Waals surface area contributed by atoms with Crippen LogP contribution in [0.15, 0.2) is 24.3 Å². The molecule has 0 saturated carbocycles. The summed E-state index contributed by atoms with van der Waals surface area (Å²) in [5, 5.41) is 2.86. The van der Waals surface area contributed by atoms with Crippen molar-refractivity contribution in [2.45, 2.75) is 32.6 Å². The topological polar surface area (TPSA) is 58.6 Å². The monoisotopic (exact) mass is 304 g/mol. The number of hydrogen-bond acceptors (Lipinski definition) is 3. The van der Waals surface area contributed by atoms with Crippen molar-refractivity contribution in [3.05, 3.63) is 29.8 Å². The standard InChI is InChI=1S/C17H24N2O3/c1-14-5-2-6-15(13-14)22-12-8-16(20)18-9-4-11-19-10-3-7-17(19)21/h2,5-6,13H,3-4,7-12H2,1H3,(H,18,20). The zero-order chi connectivity index (χ0) is 15.8. The number of ether oxygens (including phenoxy) is 1. The van der Waals surface area contributed by atoms with E-state index < -0.39 is 0 Å². The lowest BCUT2D eigenvalue weighted by Crippen LogP contribution is -2.31. The molecule has 0 aliphatic carbocycles. The van der Waals surface area contributed by atoms with E-state index in [1.54, 1.807) is 0 Å². The lowest BCUT2D eigenvalue weighted by molar-refractivity contribution is -0.127. The number of carbonyl (C=O) groups excluding carboxylic acids is 2. The van der Waals surface area contributed by atoms with E-state index in [1.165, 1.54) is 0 Å². The van der Waals surface area contributed by atoms with E-state index in [9.17, 15) is 9.59 Å². The predicted octanol–water partition coefficient (Wildman–Crippen LogP) is 1.89. The molecule has 1 aromatic carbocycles. The normalized spacial score (nSPS) is 14.2. The van der Waals surface area contributed by atoms with Crippen LogP contribution in [0.1, 0.15) is 31.2 Å². The number of nitrogens with zero attached hydrogens (tertiary/aromatic N) is 1. The molecule has 2 amide bonds. The first-order chi connectivity index (χ1) is 10.6. The van der Waals surface area contributed by atoms with Gasteiger partial charge in [-0.2, -0.15) is 0 Å². The number of nitrogens with one attached hydrogen (secondary N) is 1. The zero-order valence-corrected chi connectivity index (χ0v) is 13.1. The summed E-state index contributed by atoms with van der Waals surface area (Å²) in [5.41, 5.74) is 1.14. The van der Waals surface area contributed by atoms with Crippen LogP contribution >= 0.6 is 0 Å². The molecule has 0 atom stereocenters. The molecule has 0 radical (unpaired) electrons. The number of hydrogen-bond donors (Lipinski definition) is 1. The van der Waals surface area contributed by atoms with Crippen molar-refractivity contribution in [1.29, 1.82) is 0 Å². The van der Waals surface area contributed by atoms with Crippen LogP contribution < -0.4 is 10.1 Å². The third kappa shape index (κ3) is 5.39. The van der Waals surface area contributed by atoms with Gasteiger partial charge in [-0.3, -0.25) is 9.59 Å². The van der Waals surface area contributed by atoms with E-state index in [-0.39, 0.29) is 11.8 Å². The Hall–Kier alpha value is -2.04. The molecule has 1 fully saturated rings. The second-order valence-electron chi connectivity index (χ2n) is 5.60. The second-order valence-corrected chi connectivity index (χ2v) is 5.60. The van der Waals surface area contributed by atoms with Crippen LogP contribution in [0.25, 0.3) is 0 Å². The Balaban J connectivity index is 1.53. The summed E-state index contributed by atoms with van der Waals surface area (Å²) in [7, 11) is 0. The minimum absolute atomic E-state index is 0.0135. The molecule has 1 heterocycles. The van der Waals surface area contributed by atoms with Crippen molar-refractivity contribution in [2.24, 2.45) is 0 Å². The SMILES string of the molecule is Cc1cccc(OCCC(=O)NCCCN2CCCC2=O)c1. The van der Waals surface area contributed by atoms with Gasteiger partial charge in [0.1, 0.15) is 5.75 Å². The highest BCUT2D eigenvalue weighted by Crippen LogP contribution is 2.12. The number of likely N-dealkylation sites (tertiary alicyclic amines) is 1. The Bertz CT molecular complexity index is 516. The molecule has 2 rings (SSSR count). The number of rotatable bonds is 8. The van der Waals surface area contributed by atoms with Crippen molar-refractivity contribution in [3.8, 4) is 5.75 Å². The molecule has 1 aliphatic rings. The predicted molar refractivity (Wildman–Crippen MR) is 84.7 cm³/mol. The minimum atomic E-state index is -0.0135. The van der Waals surface area contributed by atoms with Crippen LogP contribution in [-0.2, 0) is 9.59 Å². The van der Waals surface area contributed by atoms with E-state index in [0.717, 1.165) is 37.2 Å². The highest BCUT2D eigenvalue weighted by atomic mass is 16.5. The molecule has 0 aromatic heterocycles. The van der Waals surface area contributed by atoms with E-state index >= 15 is 0 Å². The summed E-state index contributed by atoms with van der Waals surface area (Å²) in [6.07, 6.45) is 2.77. The van der Waals surface area contributed by atoms with Crippen molar-refractivity contribution < 1.29 is 14.3 Å². The van der Waals surface area contributed by atoms with Gasteiger partial charge in [-0.25, -0.2) is 0 Å². The van der Waals surface area contributed by atoms with Gasteiger partial charge in [-0.15, -0.1) is 0 Å². The first-order valence-electron chi connectivity index (χ1n) is 7.89. The minimum Gasteiger partial charge on any atom is -0.493 e. The maximum Gasteiger partial charge on any atom is 0.223 e. The van der Waals surface area contributed by atoms with E-state index in [2.05, 4.69) is 5.32 Å². The molecule has 22 heavy (non-hydrogen) atoms. The molecule has 1 aromatic rings. The van der Waals surface area contributed by atoms with Crippen LogP contribution in [0, 0.1) is 6.92 Å². The first-order valence-corrected chi connectivity index (χ1v) is 7.89. The quantitative estimate of drug-likeness (QED) is 0.746. The third-order valence-corrected chi connectivity index (χ3v) is 3.69. The third-order valence-electron chi connectivity index (χ3n) is 3.69. The molecule has 0 bridgehead atoms. The summed E-state index contributed by atoms with van der Waals surface area (Å²) in [4.78, 5) is 25.0. The van der Waals surface area contributed by atoms with E-state index in [0.29, 0.717) is 26.0 Å². The molecule has 5 nitrogen and oxygen atoms in total. The Morgan fingerprint density at radius 1 is 1.41 bits per heavy atom. The average Bonchev–Trinajstić information content (AvgIpc) is 2.89. The summed E-state index contributed by atoms with van der Waals surface area (Å²) in [6.45, 7) is 4.58. The van der Waals surface area contributed by atoms with Gasteiger partial charge in [-0.1, -0.05) is 12.1 Å². The van der Waals surface area contributed by atoms with Gasteiger partial charge in [0.2, 0.25) is 11.8 Å². The highest BCUT2D eigenvalue weighted by molar-refractivity contribution is 5.78. The molecular weight excluding hydrogens is 280 g/mol. The molecule has 1 N–H and O–H groups in total. The molecule has 0 unspecified atom stereocenters. The maximum absolute atomic E-state index is 11.7. The number of aryl methyl sites for hydroxylation is 1. The number of carbonyl (C=O) groups is 2. The van der Waals surface area contributed by atoms with Gasteiger partial charge in [0.05, 0.1) is 13.0 Å². The van der Waals surface area contributed by atoms with E-state index in [1.807, 2.05) is 36.1 Å². The van der Waals surface area contributed by atoms with Crippen LogP contribution in [0.3, 0.4) is 0 Å². The fourth-order valence-corrected chi connectivity index (χ4v) is 2.49. The lowest BCUT2D eigenvalue weighted by Gasteiger charge is -2.15. The molecule has 5 heteroatoms. The van der Waals surface area contributed by atoms with Crippen molar-refractivity contribution >= 4 is 11.8 Å². The molecule has 120 valence electrons. The van der Waals surface area contributed by atoms with Crippen molar-refractivity contribution in [3.63, 3.8) is 0 Å². The van der Waals surface area contributed by atoms with Crippen LogP contribution in [-0.4, -0.2) is 43.0 Å². The van der Waals surface area contributed by atoms with Gasteiger partial charge in [0.25, 0.3) is 0 Å². The first kappa shape index (κ1) is 16.3. The van der Waals surface area contributed by atoms with Crippen LogP contribution in [0.2, 0.25) is 0 Å². The summed E-state index contributed by atoms with van der Waals surface area (Å²) >= 11 is 0. The Morgan fingerprint density at radius 2 is 2.27 bits per heavy atom. The Labute approximate surface area is 131 Å². The summed E-state index contributed by atoms with van der Waals surface area (Å²) in [6, 6.07) is 7.78. The smallest absolute Gasteiger partial charge is 0.223 e. The van der Waals surface area contributed by atoms with Crippen LogP contribution in [0.5, 0.6) is 5.75 Å². The number of benzene rings is 1. The lowest BCUT2D eigenvalue weighted by atomic mass is 10.2. The number of amides is 2. The van der Waals surface area contributed by atoms with Crippen molar-refractivity contribution in [2.75, 3.05) is 26.2 Å². The van der Waals surface area contributed by atoms with Gasteiger partial charge in [0.15, 0.2) is 0 Å². The van der Waals surface area contributed by atoms with Gasteiger partial charge in [-0.05, 0) is 37.5 Å². The molecule has 0 spiro atoms. The fourth-order valence-electron chi connectivity index (χ4n) is 2.49. The largest absolute Gasteiger partial charge is 0.493 e. The van der Waals surface area contributed by atoms with Gasteiger partial charge >= 0.3 is 0 Å². The second kappa shape index (κ2) is 8.41. The van der Waals surface area contributed by atoms with E-state index in [4.69, 9.17) is 4.74 Å². The highest BCUT2D eigenvalue weighted by Gasteiger charge is 2.18. The van der Waals surface area contributed by atoms with Gasteiger partial charge in [0, 0.05) is 26.1 Å². The fraction of sp³-hybridized carbons (Fsp3) is 0.529. The maximum atomic E-state index is 11.7.